The first kappa shape index (κ1) is 21.5. The van der Waals surface area contributed by atoms with Gasteiger partial charge in [0, 0.05) is 26.2 Å². The van der Waals surface area contributed by atoms with E-state index >= 15 is 0 Å². The molecule has 2 aromatic carbocycles. The first-order valence-corrected chi connectivity index (χ1v) is 11.7. The summed E-state index contributed by atoms with van der Waals surface area (Å²) < 4.78 is 29.2. The average molecular weight is 468 g/mol. The Morgan fingerprint density at radius 1 is 0.970 bits per heavy atom. The van der Waals surface area contributed by atoms with Gasteiger partial charge in [0.1, 0.15) is 11.6 Å². The first-order chi connectivity index (χ1) is 16.0. The fourth-order valence-corrected chi connectivity index (χ4v) is 5.11. The van der Waals surface area contributed by atoms with Crippen molar-refractivity contribution in [1.82, 2.24) is 19.7 Å². The Bertz CT molecular complexity index is 1280. The van der Waals surface area contributed by atoms with Crippen molar-refractivity contribution in [2.24, 2.45) is 0 Å². The normalized spacial score (nSPS) is 14.6. The number of hydrogen-bond acceptors (Lipinski definition) is 5. The number of amides is 1. The largest absolute Gasteiger partial charge is 0.346 e. The van der Waals surface area contributed by atoms with Crippen LogP contribution in [0.15, 0.2) is 48.5 Å². The number of fused-ring (bicyclic) bond motifs is 1. The molecule has 3 heterocycles. The number of halogens is 2. The number of thiazole rings is 1. The lowest BCUT2D eigenvalue weighted by Gasteiger charge is -2.21. The van der Waals surface area contributed by atoms with Crippen molar-refractivity contribution in [3.63, 3.8) is 0 Å². The number of anilines is 1. The van der Waals surface area contributed by atoms with Gasteiger partial charge in [-0.2, -0.15) is 10.1 Å². The Kier molecular flexibility index (Phi) is 5.80. The average Bonchev–Trinajstić information content (AvgIpc) is 3.26. The standard InChI is InChI=1S/C24H23F2N5OS/c1-16-22-23(31(28-16)20-9-7-19(26)8-10-20)27-24(33-22)30-12-2-11-29(13-14-30)21(32)15-17-3-5-18(25)6-4-17/h3-10H,2,11-15H2,1H3. The van der Waals surface area contributed by atoms with Gasteiger partial charge in [-0.15, -0.1) is 0 Å². The summed E-state index contributed by atoms with van der Waals surface area (Å²) in [4.78, 5) is 21.7. The number of hydrogen-bond donors (Lipinski definition) is 0. The molecule has 0 N–H and O–H groups in total. The molecule has 0 aliphatic carbocycles. The van der Waals surface area contributed by atoms with E-state index < -0.39 is 0 Å². The summed E-state index contributed by atoms with van der Waals surface area (Å²) in [7, 11) is 0. The minimum Gasteiger partial charge on any atom is -0.346 e. The van der Waals surface area contributed by atoms with Crippen molar-refractivity contribution in [3.05, 3.63) is 71.4 Å². The van der Waals surface area contributed by atoms with Gasteiger partial charge in [-0.3, -0.25) is 4.79 Å². The molecule has 5 rings (SSSR count). The Balaban J connectivity index is 1.31. The number of aromatic nitrogens is 3. The molecule has 170 valence electrons. The molecular formula is C24H23F2N5OS. The predicted molar refractivity (Wildman–Crippen MR) is 125 cm³/mol. The molecule has 1 aliphatic heterocycles. The Morgan fingerprint density at radius 2 is 1.67 bits per heavy atom. The van der Waals surface area contributed by atoms with Crippen LogP contribution in [-0.2, 0) is 11.2 Å². The monoisotopic (exact) mass is 467 g/mol. The van der Waals surface area contributed by atoms with E-state index in [1.54, 1.807) is 40.3 Å². The van der Waals surface area contributed by atoms with Crippen LogP contribution < -0.4 is 4.90 Å². The highest BCUT2D eigenvalue weighted by Crippen LogP contribution is 2.33. The van der Waals surface area contributed by atoms with Gasteiger partial charge in [-0.25, -0.2) is 13.5 Å². The summed E-state index contributed by atoms with van der Waals surface area (Å²) in [5.41, 5.74) is 3.21. The highest BCUT2D eigenvalue weighted by molar-refractivity contribution is 7.22. The fraction of sp³-hybridized carbons (Fsp3) is 0.292. The maximum atomic E-state index is 13.3. The lowest BCUT2D eigenvalue weighted by molar-refractivity contribution is -0.130. The first-order valence-electron chi connectivity index (χ1n) is 10.9. The highest BCUT2D eigenvalue weighted by atomic mass is 32.1. The minimum absolute atomic E-state index is 0.0514. The maximum Gasteiger partial charge on any atom is 0.227 e. The van der Waals surface area contributed by atoms with Crippen molar-refractivity contribution in [2.75, 3.05) is 31.1 Å². The second-order valence-corrected chi connectivity index (χ2v) is 9.12. The number of carbonyl (C=O) groups excluding carboxylic acids is 1. The zero-order chi connectivity index (χ0) is 22.9. The molecule has 6 nitrogen and oxygen atoms in total. The van der Waals surface area contributed by atoms with Crippen LogP contribution in [0.25, 0.3) is 16.0 Å². The van der Waals surface area contributed by atoms with Crippen LogP contribution in [0.4, 0.5) is 13.9 Å². The smallest absolute Gasteiger partial charge is 0.227 e. The molecule has 4 aromatic rings. The summed E-state index contributed by atoms with van der Waals surface area (Å²) in [6.45, 7) is 4.74. The molecule has 0 saturated carbocycles. The van der Waals surface area contributed by atoms with Gasteiger partial charge in [0.05, 0.1) is 22.5 Å². The van der Waals surface area contributed by atoms with Crippen molar-refractivity contribution in [3.8, 4) is 5.69 Å². The van der Waals surface area contributed by atoms with Gasteiger partial charge >= 0.3 is 0 Å². The topological polar surface area (TPSA) is 54.3 Å². The minimum atomic E-state index is -0.301. The summed E-state index contributed by atoms with van der Waals surface area (Å²) in [6, 6.07) is 12.3. The molecule has 0 spiro atoms. The van der Waals surface area contributed by atoms with Gasteiger partial charge in [-0.1, -0.05) is 23.5 Å². The molecule has 1 saturated heterocycles. The van der Waals surface area contributed by atoms with Crippen molar-refractivity contribution >= 4 is 32.7 Å². The molecule has 0 radical (unpaired) electrons. The van der Waals surface area contributed by atoms with Crippen LogP contribution in [0, 0.1) is 18.6 Å². The molecule has 0 bridgehead atoms. The van der Waals surface area contributed by atoms with Crippen LogP contribution in [-0.4, -0.2) is 51.8 Å². The second kappa shape index (κ2) is 8.90. The van der Waals surface area contributed by atoms with E-state index in [4.69, 9.17) is 4.98 Å². The van der Waals surface area contributed by atoms with Gasteiger partial charge in [0.15, 0.2) is 10.8 Å². The number of carbonyl (C=O) groups is 1. The fourth-order valence-electron chi connectivity index (χ4n) is 4.07. The molecule has 9 heteroatoms. The van der Waals surface area contributed by atoms with Gasteiger partial charge in [0.2, 0.25) is 5.91 Å². The quantitative estimate of drug-likeness (QED) is 0.448. The number of benzene rings is 2. The van der Waals surface area contributed by atoms with Crippen molar-refractivity contribution < 1.29 is 13.6 Å². The predicted octanol–water partition coefficient (Wildman–Crippen LogP) is 4.35. The zero-order valence-electron chi connectivity index (χ0n) is 18.2. The Labute approximate surface area is 194 Å². The van der Waals surface area contributed by atoms with Crippen LogP contribution >= 0.6 is 11.3 Å². The molecule has 0 unspecified atom stereocenters. The van der Waals surface area contributed by atoms with Crippen molar-refractivity contribution in [1.29, 1.82) is 0 Å². The Morgan fingerprint density at radius 3 is 2.39 bits per heavy atom. The number of aryl methyl sites for hydroxylation is 1. The summed E-state index contributed by atoms with van der Waals surface area (Å²) in [5, 5.41) is 5.48. The van der Waals surface area contributed by atoms with E-state index in [9.17, 15) is 13.6 Å². The third-order valence-electron chi connectivity index (χ3n) is 5.84. The molecule has 1 aliphatic rings. The second-order valence-electron chi connectivity index (χ2n) is 8.15. The molecular weight excluding hydrogens is 444 g/mol. The zero-order valence-corrected chi connectivity index (χ0v) is 19.0. The lowest BCUT2D eigenvalue weighted by Crippen LogP contribution is -2.36. The molecule has 2 aromatic heterocycles. The van der Waals surface area contributed by atoms with E-state index in [2.05, 4.69) is 10.00 Å². The molecule has 1 fully saturated rings. The summed E-state index contributed by atoms with van der Waals surface area (Å²) in [6.07, 6.45) is 1.11. The Hall–Kier alpha value is -3.33. The van der Waals surface area contributed by atoms with E-state index in [-0.39, 0.29) is 24.0 Å². The highest BCUT2D eigenvalue weighted by Gasteiger charge is 2.23. The van der Waals surface area contributed by atoms with Crippen LogP contribution in [0.2, 0.25) is 0 Å². The van der Waals surface area contributed by atoms with Crippen LogP contribution in [0.1, 0.15) is 17.7 Å². The van der Waals surface area contributed by atoms with E-state index in [0.29, 0.717) is 19.6 Å². The number of rotatable bonds is 4. The van der Waals surface area contributed by atoms with Gasteiger partial charge < -0.3 is 9.80 Å². The third-order valence-corrected chi connectivity index (χ3v) is 7.05. The third kappa shape index (κ3) is 4.45. The summed E-state index contributed by atoms with van der Waals surface area (Å²) in [5.74, 6) is -0.540. The molecule has 33 heavy (non-hydrogen) atoms. The SMILES string of the molecule is Cc1nn(-c2ccc(F)cc2)c2nc(N3CCCN(C(=O)Cc4ccc(F)cc4)CC3)sc12. The summed E-state index contributed by atoms with van der Waals surface area (Å²) >= 11 is 1.59. The van der Waals surface area contributed by atoms with E-state index in [1.807, 2.05) is 11.8 Å². The lowest BCUT2D eigenvalue weighted by atomic mass is 10.1. The van der Waals surface area contributed by atoms with E-state index in [1.165, 1.54) is 24.3 Å². The van der Waals surface area contributed by atoms with Crippen LogP contribution in [0.3, 0.4) is 0 Å². The van der Waals surface area contributed by atoms with E-state index in [0.717, 1.165) is 45.4 Å². The molecule has 1 amide bonds. The van der Waals surface area contributed by atoms with Crippen LogP contribution in [0.5, 0.6) is 0 Å². The van der Waals surface area contributed by atoms with Crippen molar-refractivity contribution in [2.45, 2.75) is 19.8 Å². The van der Waals surface area contributed by atoms with Gasteiger partial charge in [0.25, 0.3) is 0 Å². The molecule has 0 atom stereocenters. The maximum absolute atomic E-state index is 13.3. The number of nitrogens with zero attached hydrogens (tertiary/aromatic N) is 5. The van der Waals surface area contributed by atoms with Gasteiger partial charge in [-0.05, 0) is 55.3 Å².